The number of rotatable bonds is 4. The molecule has 0 spiro atoms. The van der Waals surface area contributed by atoms with Crippen LogP contribution >= 0.6 is 0 Å². The molecule has 0 bridgehead atoms. The van der Waals surface area contributed by atoms with E-state index in [9.17, 15) is 4.79 Å². The van der Waals surface area contributed by atoms with Crippen molar-refractivity contribution in [1.29, 1.82) is 0 Å². The van der Waals surface area contributed by atoms with E-state index in [2.05, 4.69) is 27.7 Å². The van der Waals surface area contributed by atoms with Crippen molar-refractivity contribution in [2.45, 2.75) is 69.8 Å². The molecule has 7 atom stereocenters. The number of aryl methyl sites for hydroxylation is 2. The first-order valence-electron chi connectivity index (χ1n) is 11.2. The molecule has 5 rings (SSSR count). The topological polar surface area (TPSA) is 92.5 Å². The van der Waals surface area contributed by atoms with Crippen LogP contribution in [0.15, 0.2) is 28.9 Å². The molecule has 0 aromatic carbocycles. The lowest BCUT2D eigenvalue weighted by Crippen LogP contribution is -2.63. The van der Waals surface area contributed by atoms with Crippen LogP contribution in [0.3, 0.4) is 0 Å². The number of hydrogen-bond donors (Lipinski definition) is 2. The first kappa shape index (κ1) is 20.5. The van der Waals surface area contributed by atoms with E-state index in [0.29, 0.717) is 12.0 Å². The van der Waals surface area contributed by atoms with Gasteiger partial charge in [-0.2, -0.15) is 0 Å². The molecule has 2 aromatic heterocycles. The lowest BCUT2D eigenvalue weighted by atomic mass is 9.67. The van der Waals surface area contributed by atoms with Gasteiger partial charge in [-0.3, -0.25) is 4.98 Å². The largest absolute Gasteiger partial charge is 0.381 e. The zero-order valence-corrected chi connectivity index (χ0v) is 18.5. The van der Waals surface area contributed by atoms with Crippen molar-refractivity contribution in [3.05, 3.63) is 47.1 Å². The third kappa shape index (κ3) is 3.32. The normalized spacial score (nSPS) is 33.5. The van der Waals surface area contributed by atoms with Crippen molar-refractivity contribution < 1.29 is 14.1 Å². The average Bonchev–Trinajstić information content (AvgIpc) is 3.30. The Morgan fingerprint density at radius 3 is 2.77 bits per heavy atom. The van der Waals surface area contributed by atoms with Gasteiger partial charge in [0.15, 0.2) is 0 Å². The molecule has 2 aromatic rings. The fourth-order valence-corrected chi connectivity index (χ4v) is 6.19. The predicted molar refractivity (Wildman–Crippen MR) is 115 cm³/mol. The molecular formula is C23H31N5O3. The van der Waals surface area contributed by atoms with Crippen LogP contribution in [0.25, 0.3) is 0 Å². The van der Waals surface area contributed by atoms with E-state index in [1.807, 2.05) is 36.9 Å². The highest BCUT2D eigenvalue weighted by Crippen LogP contribution is 2.45. The molecule has 8 heteroatoms. The monoisotopic (exact) mass is 425 g/mol. The number of hydrogen-bond acceptors (Lipinski definition) is 6. The fraction of sp³-hybridized carbons (Fsp3) is 0.609. The first-order valence-corrected chi connectivity index (χ1v) is 11.2. The van der Waals surface area contributed by atoms with Crippen molar-refractivity contribution in [3.63, 3.8) is 0 Å². The van der Waals surface area contributed by atoms with Gasteiger partial charge in [-0.05, 0) is 51.7 Å². The summed E-state index contributed by atoms with van der Waals surface area (Å²) >= 11 is 0. The lowest BCUT2D eigenvalue weighted by Gasteiger charge is -2.50. The quantitative estimate of drug-likeness (QED) is 0.783. The van der Waals surface area contributed by atoms with Gasteiger partial charge < -0.3 is 24.8 Å². The number of carbonyl (C=O) groups excluding carboxylic acids is 1. The average molecular weight is 426 g/mol. The van der Waals surface area contributed by atoms with Crippen LogP contribution in [-0.2, 0) is 4.74 Å². The second kappa shape index (κ2) is 7.91. The van der Waals surface area contributed by atoms with Gasteiger partial charge in [0.2, 0.25) is 0 Å². The summed E-state index contributed by atoms with van der Waals surface area (Å²) in [6, 6.07) is 6.29. The second-order valence-electron chi connectivity index (χ2n) is 9.15. The van der Waals surface area contributed by atoms with E-state index in [1.54, 1.807) is 13.3 Å². The highest BCUT2D eigenvalue weighted by molar-refractivity contribution is 5.78. The SMILES string of the molecule is COC1CC2C(CC1c1c(C)noc1C)NCC1NC(=O)N(C(C)c3ccccn3)C12. The van der Waals surface area contributed by atoms with Gasteiger partial charge in [-0.1, -0.05) is 11.2 Å². The van der Waals surface area contributed by atoms with Gasteiger partial charge in [0, 0.05) is 37.4 Å². The molecule has 7 unspecified atom stereocenters. The molecule has 2 N–H and O–H groups in total. The number of methoxy groups -OCH3 is 1. The highest BCUT2D eigenvalue weighted by atomic mass is 16.5. The van der Waals surface area contributed by atoms with Crippen molar-refractivity contribution >= 4 is 6.03 Å². The summed E-state index contributed by atoms with van der Waals surface area (Å²) in [5, 5.41) is 11.1. The number of nitrogens with one attached hydrogen (secondary N) is 2. The van der Waals surface area contributed by atoms with Crippen LogP contribution in [0, 0.1) is 19.8 Å². The zero-order valence-electron chi connectivity index (χ0n) is 18.5. The Bertz CT molecular complexity index is 928. The Kier molecular flexibility index (Phi) is 5.22. The predicted octanol–water partition coefficient (Wildman–Crippen LogP) is 2.69. The maximum Gasteiger partial charge on any atom is 0.318 e. The van der Waals surface area contributed by atoms with Gasteiger partial charge in [0.25, 0.3) is 0 Å². The van der Waals surface area contributed by atoms with E-state index in [1.165, 1.54) is 5.56 Å². The first-order chi connectivity index (χ1) is 15.0. The van der Waals surface area contributed by atoms with Gasteiger partial charge in [0.1, 0.15) is 5.76 Å². The third-order valence-corrected chi connectivity index (χ3v) is 7.59. The highest BCUT2D eigenvalue weighted by Gasteiger charge is 2.54. The van der Waals surface area contributed by atoms with E-state index < -0.39 is 0 Å². The van der Waals surface area contributed by atoms with Crippen LogP contribution in [0.5, 0.6) is 0 Å². The number of nitrogens with zero attached hydrogens (tertiary/aromatic N) is 3. The number of aromatic nitrogens is 2. The summed E-state index contributed by atoms with van der Waals surface area (Å²) in [6.07, 6.45) is 3.67. The molecule has 2 amide bonds. The van der Waals surface area contributed by atoms with Crippen LogP contribution in [0.4, 0.5) is 4.79 Å². The van der Waals surface area contributed by atoms with Crippen LogP contribution in [0.1, 0.15) is 54.4 Å². The van der Waals surface area contributed by atoms with E-state index >= 15 is 0 Å². The van der Waals surface area contributed by atoms with Crippen molar-refractivity contribution in [2.75, 3.05) is 13.7 Å². The number of piperidine rings is 1. The number of pyridine rings is 1. The summed E-state index contributed by atoms with van der Waals surface area (Å²) in [5.41, 5.74) is 3.04. The van der Waals surface area contributed by atoms with Gasteiger partial charge in [0.05, 0.1) is 35.6 Å². The summed E-state index contributed by atoms with van der Waals surface area (Å²) in [6.45, 7) is 6.83. The van der Waals surface area contributed by atoms with E-state index in [-0.39, 0.29) is 36.2 Å². The number of urea groups is 1. The van der Waals surface area contributed by atoms with Crippen LogP contribution < -0.4 is 10.6 Å². The van der Waals surface area contributed by atoms with Crippen molar-refractivity contribution in [2.24, 2.45) is 5.92 Å². The minimum absolute atomic E-state index is 0.00239. The minimum atomic E-state index is -0.0868. The molecular weight excluding hydrogens is 394 g/mol. The number of fused-ring (bicyclic) bond motifs is 3. The molecule has 31 heavy (non-hydrogen) atoms. The second-order valence-corrected chi connectivity index (χ2v) is 9.15. The van der Waals surface area contributed by atoms with Gasteiger partial charge in [-0.25, -0.2) is 4.79 Å². The molecule has 8 nitrogen and oxygen atoms in total. The molecule has 1 aliphatic carbocycles. The van der Waals surface area contributed by atoms with Crippen molar-refractivity contribution in [1.82, 2.24) is 25.7 Å². The molecule has 0 radical (unpaired) electrons. The van der Waals surface area contributed by atoms with Crippen LogP contribution in [-0.4, -0.2) is 59.0 Å². The maximum absolute atomic E-state index is 13.0. The third-order valence-electron chi connectivity index (χ3n) is 7.59. The molecule has 4 heterocycles. The Balaban J connectivity index is 1.45. The van der Waals surface area contributed by atoms with E-state index in [0.717, 1.165) is 36.5 Å². The standard InChI is InChI=1S/C23H31N5O3/c1-12-21(14(3)31-27-12)16-9-18-15(10-20(16)30-4)22-19(11-25-18)26-23(29)28(22)13(2)17-7-5-6-8-24-17/h5-8,13,15-16,18-20,22,25H,9-11H2,1-4H3,(H,26,29). The number of ether oxygens (including phenoxy) is 1. The van der Waals surface area contributed by atoms with Gasteiger partial charge in [-0.15, -0.1) is 0 Å². The summed E-state index contributed by atoms with van der Waals surface area (Å²) < 4.78 is 11.5. The molecule has 3 aliphatic rings. The summed E-state index contributed by atoms with van der Waals surface area (Å²) in [5.74, 6) is 1.40. The summed E-state index contributed by atoms with van der Waals surface area (Å²) in [7, 11) is 1.79. The lowest BCUT2D eigenvalue weighted by molar-refractivity contribution is -0.0165. The zero-order chi connectivity index (χ0) is 21.7. The maximum atomic E-state index is 13.0. The van der Waals surface area contributed by atoms with Gasteiger partial charge >= 0.3 is 6.03 Å². The number of carbonyl (C=O) groups is 1. The fourth-order valence-electron chi connectivity index (χ4n) is 6.19. The van der Waals surface area contributed by atoms with Crippen molar-refractivity contribution in [3.8, 4) is 0 Å². The Morgan fingerprint density at radius 2 is 2.10 bits per heavy atom. The van der Waals surface area contributed by atoms with Crippen LogP contribution in [0.2, 0.25) is 0 Å². The minimum Gasteiger partial charge on any atom is -0.381 e. The number of amides is 2. The molecule has 2 aliphatic heterocycles. The molecule has 2 saturated heterocycles. The summed E-state index contributed by atoms with van der Waals surface area (Å²) in [4.78, 5) is 19.6. The Morgan fingerprint density at radius 1 is 1.26 bits per heavy atom. The van der Waals surface area contributed by atoms with E-state index in [4.69, 9.17) is 9.26 Å². The molecule has 3 fully saturated rings. The Labute approximate surface area is 182 Å². The molecule has 1 saturated carbocycles. The Hall–Kier alpha value is -2.45. The molecule has 166 valence electrons. The smallest absolute Gasteiger partial charge is 0.318 e.